The number of carbonyl (C=O) groups excluding carboxylic acids is 1. The number of carbonyl (C=O) groups is 1. The summed E-state index contributed by atoms with van der Waals surface area (Å²) in [5, 5.41) is 5.41. The molecule has 0 saturated heterocycles. The summed E-state index contributed by atoms with van der Waals surface area (Å²) in [7, 11) is 1.67. The number of pyridine rings is 1. The molecule has 1 aliphatic rings. The molecule has 0 radical (unpaired) electrons. The summed E-state index contributed by atoms with van der Waals surface area (Å²) in [5.41, 5.74) is 8.28. The summed E-state index contributed by atoms with van der Waals surface area (Å²) in [4.78, 5) is 25.1. The second kappa shape index (κ2) is 11.7. The lowest BCUT2D eigenvalue weighted by Gasteiger charge is -2.30. The molecule has 4 aromatic carbocycles. The minimum absolute atomic E-state index is 0.0514. The van der Waals surface area contributed by atoms with Gasteiger partial charge in [0.2, 0.25) is 0 Å². The topological polar surface area (TPSA) is 70.2 Å². The van der Waals surface area contributed by atoms with Gasteiger partial charge in [-0.05, 0) is 41.0 Å². The molecule has 214 valence electrons. The lowest BCUT2D eigenvalue weighted by molar-refractivity contribution is 0.0951. The molecule has 2 N–H and O–H groups in total. The van der Waals surface area contributed by atoms with E-state index in [4.69, 9.17) is 9.72 Å². The van der Waals surface area contributed by atoms with Crippen molar-refractivity contribution in [3.05, 3.63) is 143 Å². The van der Waals surface area contributed by atoms with Crippen LogP contribution in [-0.2, 0) is 19.5 Å². The van der Waals surface area contributed by atoms with E-state index in [-0.39, 0.29) is 11.8 Å². The Hall–Kier alpha value is -4.94. The van der Waals surface area contributed by atoms with E-state index in [1.807, 2.05) is 48.5 Å². The third kappa shape index (κ3) is 5.38. The number of aromatic nitrogens is 2. The van der Waals surface area contributed by atoms with Crippen molar-refractivity contribution in [2.45, 2.75) is 25.4 Å². The molecule has 6 heteroatoms. The Bertz CT molecular complexity index is 1900. The predicted molar refractivity (Wildman–Crippen MR) is 171 cm³/mol. The number of nitrogens with zero attached hydrogens (tertiary/aromatic N) is 2. The van der Waals surface area contributed by atoms with Crippen molar-refractivity contribution in [3.63, 3.8) is 0 Å². The molecule has 1 aliphatic heterocycles. The number of aromatic amines is 1. The van der Waals surface area contributed by atoms with Crippen LogP contribution in [0.2, 0.25) is 0 Å². The van der Waals surface area contributed by atoms with Crippen molar-refractivity contribution < 1.29 is 9.53 Å². The molecule has 0 aliphatic carbocycles. The van der Waals surface area contributed by atoms with Gasteiger partial charge in [-0.25, -0.2) is 0 Å². The van der Waals surface area contributed by atoms with Crippen LogP contribution >= 0.6 is 0 Å². The highest BCUT2D eigenvalue weighted by molar-refractivity contribution is 6.07. The van der Waals surface area contributed by atoms with Crippen molar-refractivity contribution >= 4 is 27.7 Å². The fourth-order valence-corrected chi connectivity index (χ4v) is 6.39. The molecule has 1 unspecified atom stereocenters. The molecule has 0 bridgehead atoms. The third-order valence-electron chi connectivity index (χ3n) is 8.58. The normalized spacial score (nSPS) is 14.0. The van der Waals surface area contributed by atoms with Gasteiger partial charge >= 0.3 is 0 Å². The Morgan fingerprint density at radius 1 is 0.930 bits per heavy atom. The van der Waals surface area contributed by atoms with E-state index in [1.54, 1.807) is 7.11 Å². The van der Waals surface area contributed by atoms with E-state index in [2.05, 4.69) is 76.0 Å². The van der Waals surface area contributed by atoms with Crippen LogP contribution in [0, 0.1) is 0 Å². The zero-order chi connectivity index (χ0) is 29.2. The van der Waals surface area contributed by atoms with Crippen LogP contribution in [0.1, 0.15) is 44.2 Å². The fraction of sp³-hybridized carbons (Fsp3) is 0.189. The molecular formula is C37H34N4O2. The van der Waals surface area contributed by atoms with Crippen LogP contribution in [0.15, 0.2) is 109 Å². The van der Waals surface area contributed by atoms with Gasteiger partial charge < -0.3 is 15.0 Å². The minimum atomic E-state index is -0.0604. The Labute approximate surface area is 251 Å². The van der Waals surface area contributed by atoms with Crippen molar-refractivity contribution in [3.8, 4) is 5.75 Å². The number of rotatable bonds is 8. The average molecular weight is 567 g/mol. The fourth-order valence-electron chi connectivity index (χ4n) is 6.39. The van der Waals surface area contributed by atoms with E-state index in [0.717, 1.165) is 75.0 Å². The maximum atomic E-state index is 14.3. The number of benzene rings is 4. The van der Waals surface area contributed by atoms with E-state index in [9.17, 15) is 4.79 Å². The average Bonchev–Trinajstić information content (AvgIpc) is 3.48. The SMILES string of the molecule is COc1ccc(C(CNC(=O)c2c3c(nc4ccccc24)CCN(Cc2ccccc2)C3)c2c[nH]c3ccccc23)cc1. The standard InChI is InChI=1S/C37H34N4O2/c1-43-27-17-15-26(16-18-27)30(31-22-38-33-13-7-5-11-28(31)33)21-39-37(42)36-29-12-6-8-14-34(29)40-35-19-20-41(24-32(35)36)23-25-9-3-2-4-10-25/h2-18,22,30,38H,19-21,23-24H2,1H3,(H,39,42). The van der Waals surface area contributed by atoms with E-state index >= 15 is 0 Å². The van der Waals surface area contributed by atoms with Crippen LogP contribution < -0.4 is 10.1 Å². The number of hydrogen-bond acceptors (Lipinski definition) is 4. The molecule has 0 saturated carbocycles. The first kappa shape index (κ1) is 26.9. The Kier molecular flexibility index (Phi) is 7.35. The molecule has 1 atom stereocenters. The summed E-state index contributed by atoms with van der Waals surface area (Å²) < 4.78 is 5.42. The Morgan fingerprint density at radius 2 is 1.67 bits per heavy atom. The van der Waals surface area contributed by atoms with Crippen molar-refractivity contribution in [2.24, 2.45) is 0 Å². The van der Waals surface area contributed by atoms with Gasteiger partial charge in [-0.15, -0.1) is 0 Å². The summed E-state index contributed by atoms with van der Waals surface area (Å²) >= 11 is 0. The largest absolute Gasteiger partial charge is 0.497 e. The van der Waals surface area contributed by atoms with Gasteiger partial charge in [-0.3, -0.25) is 14.7 Å². The first-order valence-electron chi connectivity index (χ1n) is 14.8. The molecule has 43 heavy (non-hydrogen) atoms. The van der Waals surface area contributed by atoms with Crippen LogP contribution in [0.3, 0.4) is 0 Å². The maximum absolute atomic E-state index is 14.3. The Balaban J connectivity index is 1.23. The molecule has 2 aromatic heterocycles. The van der Waals surface area contributed by atoms with Crippen LogP contribution in [0.5, 0.6) is 5.75 Å². The molecule has 0 spiro atoms. The maximum Gasteiger partial charge on any atom is 0.252 e. The molecule has 7 rings (SSSR count). The van der Waals surface area contributed by atoms with Gasteiger partial charge in [0.05, 0.1) is 18.2 Å². The molecule has 6 nitrogen and oxygen atoms in total. The monoisotopic (exact) mass is 566 g/mol. The quantitative estimate of drug-likeness (QED) is 0.212. The van der Waals surface area contributed by atoms with Gasteiger partial charge in [0, 0.05) is 72.3 Å². The summed E-state index contributed by atoms with van der Waals surface area (Å²) in [6, 6.07) is 35.0. The predicted octanol–water partition coefficient (Wildman–Crippen LogP) is 6.84. The lowest BCUT2D eigenvalue weighted by atomic mass is 9.90. The molecule has 6 aromatic rings. The van der Waals surface area contributed by atoms with Crippen molar-refractivity contribution in [1.82, 2.24) is 20.2 Å². The number of ether oxygens (including phenoxy) is 1. The van der Waals surface area contributed by atoms with E-state index < -0.39 is 0 Å². The van der Waals surface area contributed by atoms with Gasteiger partial charge in [-0.1, -0.05) is 78.9 Å². The minimum Gasteiger partial charge on any atom is -0.497 e. The number of hydrogen-bond donors (Lipinski definition) is 2. The van der Waals surface area contributed by atoms with Crippen LogP contribution in [0.4, 0.5) is 0 Å². The molecule has 0 fully saturated rings. The number of nitrogens with one attached hydrogen (secondary N) is 2. The highest BCUT2D eigenvalue weighted by atomic mass is 16.5. The molecular weight excluding hydrogens is 532 g/mol. The summed E-state index contributed by atoms with van der Waals surface area (Å²) in [6.45, 7) is 2.89. The van der Waals surface area contributed by atoms with Crippen LogP contribution in [0.25, 0.3) is 21.8 Å². The van der Waals surface area contributed by atoms with Gasteiger partial charge in [0.25, 0.3) is 5.91 Å². The highest BCUT2D eigenvalue weighted by Gasteiger charge is 2.27. The summed E-state index contributed by atoms with van der Waals surface area (Å²) in [6.07, 6.45) is 2.88. The third-order valence-corrected chi connectivity index (χ3v) is 8.58. The second-order valence-electron chi connectivity index (χ2n) is 11.2. The summed E-state index contributed by atoms with van der Waals surface area (Å²) in [5.74, 6) is 0.694. The first-order chi connectivity index (χ1) is 21.2. The van der Waals surface area contributed by atoms with Gasteiger partial charge in [0.1, 0.15) is 5.75 Å². The lowest BCUT2D eigenvalue weighted by Crippen LogP contribution is -2.35. The number of fused-ring (bicyclic) bond motifs is 3. The zero-order valence-electron chi connectivity index (χ0n) is 24.2. The second-order valence-corrected chi connectivity index (χ2v) is 11.2. The van der Waals surface area contributed by atoms with E-state index in [0.29, 0.717) is 13.1 Å². The zero-order valence-corrected chi connectivity index (χ0v) is 24.2. The van der Waals surface area contributed by atoms with Crippen molar-refractivity contribution in [2.75, 3.05) is 20.2 Å². The van der Waals surface area contributed by atoms with Gasteiger partial charge in [0.15, 0.2) is 0 Å². The van der Waals surface area contributed by atoms with Gasteiger partial charge in [-0.2, -0.15) is 0 Å². The number of amides is 1. The number of H-pyrrole nitrogens is 1. The smallest absolute Gasteiger partial charge is 0.252 e. The van der Waals surface area contributed by atoms with E-state index in [1.165, 1.54) is 5.56 Å². The highest BCUT2D eigenvalue weighted by Crippen LogP contribution is 2.33. The molecule has 1 amide bonds. The number of para-hydroxylation sites is 2. The number of methoxy groups -OCH3 is 1. The van der Waals surface area contributed by atoms with Crippen LogP contribution in [-0.4, -0.2) is 41.0 Å². The Morgan fingerprint density at radius 3 is 2.49 bits per heavy atom. The molecule has 3 heterocycles. The first-order valence-corrected chi connectivity index (χ1v) is 14.8. The van der Waals surface area contributed by atoms with Crippen molar-refractivity contribution in [1.29, 1.82) is 0 Å².